The molecule has 4 rings (SSSR count). The van der Waals surface area contributed by atoms with Crippen molar-refractivity contribution in [2.75, 3.05) is 18.8 Å². The van der Waals surface area contributed by atoms with Crippen LogP contribution in [-0.2, 0) is 6.54 Å². The molecule has 1 aliphatic rings. The summed E-state index contributed by atoms with van der Waals surface area (Å²) in [6.45, 7) is 8.00. The van der Waals surface area contributed by atoms with Gasteiger partial charge in [0, 0.05) is 25.2 Å². The molecule has 23 heavy (non-hydrogen) atoms. The Morgan fingerprint density at radius 3 is 2.52 bits per heavy atom. The largest absolute Gasteiger partial charge is 0.366 e. The van der Waals surface area contributed by atoms with E-state index in [1.54, 1.807) is 4.52 Å². The Bertz CT molecular complexity index is 839. The fourth-order valence-electron chi connectivity index (χ4n) is 3.46. The fraction of sp³-hybridized carbons (Fsp3) is 0.333. The Kier molecular flexibility index (Phi) is 3.13. The molecule has 0 bridgehead atoms. The van der Waals surface area contributed by atoms with Crippen LogP contribution in [0.25, 0.3) is 16.9 Å². The third kappa shape index (κ3) is 2.68. The zero-order valence-electron chi connectivity index (χ0n) is 13.5. The molecule has 2 aromatic heterocycles. The summed E-state index contributed by atoms with van der Waals surface area (Å²) in [6, 6.07) is 14.6. The molecule has 5 nitrogen and oxygen atoms in total. The Hall–Kier alpha value is -2.40. The van der Waals surface area contributed by atoms with E-state index in [1.165, 1.54) is 18.7 Å². The first-order valence-corrected chi connectivity index (χ1v) is 7.93. The number of nitrogen functional groups attached to an aromatic ring is 1. The summed E-state index contributed by atoms with van der Waals surface area (Å²) in [4.78, 5) is 6.69. The second-order valence-electron chi connectivity index (χ2n) is 7.16. The second kappa shape index (κ2) is 5.06. The first-order chi connectivity index (χ1) is 11.0. The van der Waals surface area contributed by atoms with E-state index in [-0.39, 0.29) is 0 Å². The van der Waals surface area contributed by atoms with Gasteiger partial charge in [-0.2, -0.15) is 4.98 Å². The van der Waals surface area contributed by atoms with Gasteiger partial charge in [-0.3, -0.25) is 4.90 Å². The molecule has 3 aromatic rings. The molecule has 0 radical (unpaired) electrons. The highest BCUT2D eigenvalue weighted by Crippen LogP contribution is 2.30. The average molecular weight is 307 g/mol. The standard InChI is InChI=1S/C18H21N5/c1-18(2)11-22(12-18)10-13-6-8-14(9-7-13)15-4-3-5-16-20-17(19)21-23(15)16/h3-9H,10-12H2,1-2H3,(H2,19,21). The van der Waals surface area contributed by atoms with Crippen LogP contribution in [0.2, 0.25) is 0 Å². The number of nitrogens with two attached hydrogens (primary N) is 1. The molecule has 1 fully saturated rings. The Labute approximate surface area is 135 Å². The average Bonchev–Trinajstić information content (AvgIpc) is 2.86. The number of hydrogen-bond acceptors (Lipinski definition) is 4. The maximum absolute atomic E-state index is 5.71. The van der Waals surface area contributed by atoms with Gasteiger partial charge in [0.05, 0.1) is 5.69 Å². The number of nitrogens with zero attached hydrogens (tertiary/aromatic N) is 4. The lowest BCUT2D eigenvalue weighted by Gasteiger charge is -2.46. The minimum absolute atomic E-state index is 0.300. The van der Waals surface area contributed by atoms with Gasteiger partial charge in [0.25, 0.3) is 0 Å². The normalized spacial score (nSPS) is 17.3. The molecule has 1 aliphatic heterocycles. The van der Waals surface area contributed by atoms with Crippen molar-refractivity contribution in [1.29, 1.82) is 0 Å². The molecule has 1 saturated heterocycles. The van der Waals surface area contributed by atoms with Crippen LogP contribution in [0.5, 0.6) is 0 Å². The number of benzene rings is 1. The lowest BCUT2D eigenvalue weighted by molar-refractivity contribution is 0.0242. The molecule has 0 aliphatic carbocycles. The molecule has 0 atom stereocenters. The third-order valence-electron chi connectivity index (χ3n) is 4.34. The molecule has 3 heterocycles. The predicted octanol–water partition coefficient (Wildman–Crippen LogP) is 2.82. The van der Waals surface area contributed by atoms with E-state index in [1.807, 2.05) is 18.2 Å². The van der Waals surface area contributed by atoms with Gasteiger partial charge in [0.15, 0.2) is 5.65 Å². The summed E-state index contributed by atoms with van der Waals surface area (Å²) in [7, 11) is 0. The molecule has 0 amide bonds. The lowest BCUT2D eigenvalue weighted by atomic mass is 9.84. The number of pyridine rings is 1. The summed E-state index contributed by atoms with van der Waals surface area (Å²) < 4.78 is 1.79. The van der Waals surface area contributed by atoms with Crippen LogP contribution in [0.4, 0.5) is 5.95 Å². The number of hydrogen-bond donors (Lipinski definition) is 1. The maximum atomic E-state index is 5.71. The smallest absolute Gasteiger partial charge is 0.240 e. The molecule has 2 N–H and O–H groups in total. The van der Waals surface area contributed by atoms with Gasteiger partial charge in [-0.05, 0) is 23.1 Å². The SMILES string of the molecule is CC1(C)CN(Cc2ccc(-c3cccc4nc(N)nn34)cc2)C1. The number of fused-ring (bicyclic) bond motifs is 1. The number of aromatic nitrogens is 3. The molecule has 118 valence electrons. The quantitative estimate of drug-likeness (QED) is 0.808. The van der Waals surface area contributed by atoms with Crippen molar-refractivity contribution in [2.24, 2.45) is 5.41 Å². The fourth-order valence-corrected chi connectivity index (χ4v) is 3.46. The van der Waals surface area contributed by atoms with E-state index in [0.29, 0.717) is 11.4 Å². The lowest BCUT2D eigenvalue weighted by Crippen LogP contribution is -2.52. The van der Waals surface area contributed by atoms with E-state index >= 15 is 0 Å². The minimum Gasteiger partial charge on any atom is -0.366 e. The van der Waals surface area contributed by atoms with Crippen molar-refractivity contribution >= 4 is 11.6 Å². The van der Waals surface area contributed by atoms with Crippen molar-refractivity contribution < 1.29 is 0 Å². The van der Waals surface area contributed by atoms with Crippen LogP contribution in [0.1, 0.15) is 19.4 Å². The first kappa shape index (κ1) is 14.2. The van der Waals surface area contributed by atoms with Gasteiger partial charge in [0.1, 0.15) is 0 Å². The van der Waals surface area contributed by atoms with E-state index in [9.17, 15) is 0 Å². The van der Waals surface area contributed by atoms with Crippen LogP contribution >= 0.6 is 0 Å². The van der Waals surface area contributed by atoms with E-state index < -0.39 is 0 Å². The molecule has 0 unspecified atom stereocenters. The number of anilines is 1. The summed E-state index contributed by atoms with van der Waals surface area (Å²) >= 11 is 0. The summed E-state index contributed by atoms with van der Waals surface area (Å²) in [5.41, 5.74) is 10.4. The van der Waals surface area contributed by atoms with Crippen molar-refractivity contribution in [1.82, 2.24) is 19.5 Å². The van der Waals surface area contributed by atoms with Gasteiger partial charge in [-0.15, -0.1) is 5.10 Å². The summed E-state index contributed by atoms with van der Waals surface area (Å²) in [5, 5.41) is 4.27. The van der Waals surface area contributed by atoms with Crippen LogP contribution in [0.3, 0.4) is 0 Å². The van der Waals surface area contributed by atoms with Gasteiger partial charge < -0.3 is 5.73 Å². The molecule has 0 spiro atoms. The van der Waals surface area contributed by atoms with Crippen LogP contribution in [-0.4, -0.2) is 32.6 Å². The topological polar surface area (TPSA) is 59.5 Å². The Morgan fingerprint density at radius 2 is 1.83 bits per heavy atom. The van der Waals surface area contributed by atoms with Gasteiger partial charge in [-0.1, -0.05) is 44.2 Å². The summed E-state index contributed by atoms with van der Waals surface area (Å²) in [6.07, 6.45) is 0. The molecule has 0 saturated carbocycles. The van der Waals surface area contributed by atoms with Crippen molar-refractivity contribution in [3.05, 3.63) is 48.0 Å². The zero-order chi connectivity index (χ0) is 16.0. The monoisotopic (exact) mass is 307 g/mol. The summed E-state index contributed by atoms with van der Waals surface area (Å²) in [5.74, 6) is 0.300. The maximum Gasteiger partial charge on any atom is 0.240 e. The number of rotatable bonds is 3. The van der Waals surface area contributed by atoms with Crippen LogP contribution < -0.4 is 5.73 Å². The molecule has 1 aromatic carbocycles. The minimum atomic E-state index is 0.300. The second-order valence-corrected chi connectivity index (χ2v) is 7.16. The van der Waals surface area contributed by atoms with Crippen molar-refractivity contribution in [3.8, 4) is 11.3 Å². The van der Waals surface area contributed by atoms with E-state index in [0.717, 1.165) is 23.4 Å². The highest BCUT2D eigenvalue weighted by molar-refractivity contribution is 5.63. The van der Waals surface area contributed by atoms with Crippen molar-refractivity contribution in [2.45, 2.75) is 20.4 Å². The van der Waals surface area contributed by atoms with Gasteiger partial charge >= 0.3 is 0 Å². The van der Waals surface area contributed by atoms with Gasteiger partial charge in [-0.25, -0.2) is 4.52 Å². The Morgan fingerprint density at radius 1 is 1.09 bits per heavy atom. The predicted molar refractivity (Wildman–Crippen MR) is 91.9 cm³/mol. The number of likely N-dealkylation sites (tertiary alicyclic amines) is 1. The highest BCUT2D eigenvalue weighted by Gasteiger charge is 2.33. The van der Waals surface area contributed by atoms with Crippen molar-refractivity contribution in [3.63, 3.8) is 0 Å². The Balaban J connectivity index is 1.58. The molecular formula is C18H21N5. The third-order valence-corrected chi connectivity index (χ3v) is 4.34. The molecular weight excluding hydrogens is 286 g/mol. The van der Waals surface area contributed by atoms with Crippen LogP contribution in [0.15, 0.2) is 42.5 Å². The zero-order valence-corrected chi connectivity index (χ0v) is 13.5. The van der Waals surface area contributed by atoms with E-state index in [2.05, 4.69) is 53.1 Å². The van der Waals surface area contributed by atoms with E-state index in [4.69, 9.17) is 5.73 Å². The highest BCUT2D eigenvalue weighted by atomic mass is 15.3. The van der Waals surface area contributed by atoms with Crippen LogP contribution in [0, 0.1) is 5.41 Å². The first-order valence-electron chi connectivity index (χ1n) is 7.93. The van der Waals surface area contributed by atoms with Gasteiger partial charge in [0.2, 0.25) is 5.95 Å². The molecule has 5 heteroatoms.